The average molecular weight is 844 g/mol. The Labute approximate surface area is 382 Å². The number of aromatic nitrogens is 5. The summed E-state index contributed by atoms with van der Waals surface area (Å²) in [4.78, 5) is 14.9. The summed E-state index contributed by atoms with van der Waals surface area (Å²) in [7, 11) is 0. The fraction of sp³-hybridized carbons (Fsp3) is 0.0328. The predicted molar refractivity (Wildman–Crippen MR) is 273 cm³/mol. The van der Waals surface area contributed by atoms with Crippen molar-refractivity contribution in [1.82, 2.24) is 24.1 Å². The average Bonchev–Trinajstić information content (AvgIpc) is 3.91. The van der Waals surface area contributed by atoms with Gasteiger partial charge < -0.3 is 9.13 Å². The molecule has 0 atom stereocenters. The van der Waals surface area contributed by atoms with E-state index in [0.717, 1.165) is 35.2 Å². The van der Waals surface area contributed by atoms with Crippen LogP contribution >= 0.6 is 0 Å². The first kappa shape index (κ1) is 37.8. The maximum Gasteiger partial charge on any atom is 0.164 e. The van der Waals surface area contributed by atoms with E-state index in [2.05, 4.69) is 173 Å². The van der Waals surface area contributed by atoms with Crippen LogP contribution in [0.3, 0.4) is 0 Å². The van der Waals surface area contributed by atoms with Gasteiger partial charge in [-0.05, 0) is 107 Å². The minimum atomic E-state index is 0.640. The van der Waals surface area contributed by atoms with Crippen molar-refractivity contribution in [2.75, 3.05) is 0 Å². The first-order valence-electron chi connectivity index (χ1n) is 22.6. The summed E-state index contributed by atoms with van der Waals surface area (Å²) in [6.45, 7) is 0. The highest BCUT2D eigenvalue weighted by molar-refractivity contribution is 6.10. The molecule has 1 aliphatic rings. The fourth-order valence-corrected chi connectivity index (χ4v) is 10.2. The zero-order valence-corrected chi connectivity index (χ0v) is 36.0. The first-order chi connectivity index (χ1) is 32.7. The van der Waals surface area contributed by atoms with E-state index in [1.54, 1.807) is 0 Å². The Kier molecular flexibility index (Phi) is 8.91. The van der Waals surface area contributed by atoms with Crippen LogP contribution in [0.5, 0.6) is 0 Å². The van der Waals surface area contributed by atoms with Gasteiger partial charge in [0, 0.05) is 55.5 Å². The van der Waals surface area contributed by atoms with Gasteiger partial charge in [-0.15, -0.1) is 0 Å². The van der Waals surface area contributed by atoms with Crippen LogP contribution in [0, 0.1) is 0 Å². The number of allylic oxidation sites excluding steroid dienone is 1. The van der Waals surface area contributed by atoms with Crippen LogP contribution in [0.4, 0.5) is 0 Å². The van der Waals surface area contributed by atoms with Crippen LogP contribution in [0.2, 0.25) is 0 Å². The van der Waals surface area contributed by atoms with Crippen molar-refractivity contribution in [3.8, 4) is 56.7 Å². The molecule has 0 spiro atoms. The van der Waals surface area contributed by atoms with E-state index in [-0.39, 0.29) is 0 Å². The highest BCUT2D eigenvalue weighted by Gasteiger charge is 2.23. The van der Waals surface area contributed by atoms with E-state index in [1.807, 2.05) is 60.7 Å². The zero-order valence-electron chi connectivity index (χ0n) is 36.0. The van der Waals surface area contributed by atoms with E-state index in [1.165, 1.54) is 82.7 Å². The Morgan fingerprint density at radius 3 is 1.52 bits per heavy atom. The molecule has 13 rings (SSSR count). The Morgan fingerprint density at radius 2 is 0.833 bits per heavy atom. The van der Waals surface area contributed by atoms with Crippen molar-refractivity contribution in [2.24, 2.45) is 0 Å². The lowest BCUT2D eigenvalue weighted by molar-refractivity contribution is 0.898. The molecule has 0 aliphatic heterocycles. The van der Waals surface area contributed by atoms with Gasteiger partial charge in [0.15, 0.2) is 17.5 Å². The third-order valence-corrected chi connectivity index (χ3v) is 13.3. The molecule has 3 heterocycles. The largest absolute Gasteiger partial charge is 0.313 e. The van der Waals surface area contributed by atoms with Gasteiger partial charge in [0.05, 0.1) is 16.6 Å². The molecule has 66 heavy (non-hydrogen) atoms. The van der Waals surface area contributed by atoms with Gasteiger partial charge in [-0.25, -0.2) is 15.0 Å². The summed E-state index contributed by atoms with van der Waals surface area (Å²) >= 11 is 0. The lowest BCUT2D eigenvalue weighted by atomic mass is 9.90. The summed E-state index contributed by atoms with van der Waals surface area (Å²) in [6, 6.07) is 77.9. The molecule has 5 nitrogen and oxygen atoms in total. The first-order valence-corrected chi connectivity index (χ1v) is 22.6. The topological polar surface area (TPSA) is 48.5 Å². The van der Waals surface area contributed by atoms with Crippen LogP contribution < -0.4 is 0 Å². The third-order valence-electron chi connectivity index (χ3n) is 13.3. The Morgan fingerprint density at radius 1 is 0.333 bits per heavy atom. The van der Waals surface area contributed by atoms with Crippen molar-refractivity contribution in [1.29, 1.82) is 0 Å². The number of benzene rings is 9. The highest BCUT2D eigenvalue weighted by atomic mass is 15.0. The van der Waals surface area contributed by atoms with Crippen molar-refractivity contribution in [2.45, 2.75) is 12.8 Å². The molecule has 1 aliphatic carbocycles. The number of para-hydroxylation sites is 2. The molecule has 0 saturated heterocycles. The molecule has 310 valence electrons. The van der Waals surface area contributed by atoms with E-state index in [0.29, 0.717) is 17.5 Å². The summed E-state index contributed by atoms with van der Waals surface area (Å²) in [6.07, 6.45) is 4.34. The second-order valence-electron chi connectivity index (χ2n) is 17.1. The van der Waals surface area contributed by atoms with E-state index in [4.69, 9.17) is 15.0 Å². The summed E-state index contributed by atoms with van der Waals surface area (Å²) < 4.78 is 4.89. The molecule has 0 N–H and O–H groups in total. The Hall–Kier alpha value is -8.67. The molecular weight excluding hydrogens is 803 g/mol. The van der Waals surface area contributed by atoms with Crippen molar-refractivity contribution >= 4 is 55.1 Å². The number of fused-ring (bicyclic) bond motifs is 7. The van der Waals surface area contributed by atoms with Crippen molar-refractivity contribution < 1.29 is 0 Å². The second kappa shape index (κ2) is 15.5. The van der Waals surface area contributed by atoms with Gasteiger partial charge in [0.25, 0.3) is 0 Å². The number of nitrogens with zero attached hydrogens (tertiary/aromatic N) is 5. The normalized spacial score (nSPS) is 12.5. The van der Waals surface area contributed by atoms with Gasteiger partial charge in [-0.1, -0.05) is 164 Å². The molecule has 5 heteroatoms. The molecule has 0 bridgehead atoms. The zero-order chi connectivity index (χ0) is 43.6. The summed E-state index contributed by atoms with van der Waals surface area (Å²) in [5, 5.41) is 6.28. The van der Waals surface area contributed by atoms with Crippen LogP contribution in [-0.4, -0.2) is 24.1 Å². The Balaban J connectivity index is 0.882. The van der Waals surface area contributed by atoms with E-state index < -0.39 is 0 Å². The molecular formula is C61H41N5. The predicted octanol–water partition coefficient (Wildman–Crippen LogP) is 15.2. The number of rotatable bonds is 7. The molecule has 0 saturated carbocycles. The number of hydrogen-bond donors (Lipinski definition) is 0. The molecule has 9 aromatic carbocycles. The maximum atomic E-state index is 5.00. The number of hydrogen-bond acceptors (Lipinski definition) is 3. The fourth-order valence-electron chi connectivity index (χ4n) is 10.2. The van der Waals surface area contributed by atoms with Crippen LogP contribution in [0.1, 0.15) is 23.2 Å². The molecule has 3 aromatic heterocycles. The molecule has 0 amide bonds. The van der Waals surface area contributed by atoms with Gasteiger partial charge in [0.2, 0.25) is 0 Å². The monoisotopic (exact) mass is 843 g/mol. The molecule has 0 radical (unpaired) electrons. The lowest BCUT2D eigenvalue weighted by Gasteiger charge is -2.18. The summed E-state index contributed by atoms with van der Waals surface area (Å²) in [5.41, 5.74) is 16.4. The molecule has 0 fully saturated rings. The minimum Gasteiger partial charge on any atom is -0.313 e. The van der Waals surface area contributed by atoms with Gasteiger partial charge in [0.1, 0.15) is 0 Å². The quantitative estimate of drug-likeness (QED) is 0.161. The molecule has 0 unspecified atom stereocenters. The SMILES string of the molecule is C1=C(c2ccc3c4ccccc4n(-c4ccc(-c5nc(-c6ccccc6)nc(-c6ccccc6)n5)cc4)c3c2)CCc2c1c1ccccc1n2-c1ccc(-c2cccc3ccccc23)cc1. The van der Waals surface area contributed by atoms with Crippen molar-refractivity contribution in [3.05, 3.63) is 235 Å². The minimum absolute atomic E-state index is 0.640. The van der Waals surface area contributed by atoms with Crippen LogP contribution in [-0.2, 0) is 6.42 Å². The Bertz CT molecular complexity index is 3780. The van der Waals surface area contributed by atoms with E-state index >= 15 is 0 Å². The van der Waals surface area contributed by atoms with Crippen LogP contribution in [0.15, 0.2) is 218 Å². The smallest absolute Gasteiger partial charge is 0.164 e. The lowest BCUT2D eigenvalue weighted by Crippen LogP contribution is -2.05. The summed E-state index contributed by atoms with van der Waals surface area (Å²) in [5.74, 6) is 1.94. The molecule has 12 aromatic rings. The van der Waals surface area contributed by atoms with E-state index in [9.17, 15) is 0 Å². The van der Waals surface area contributed by atoms with Gasteiger partial charge >= 0.3 is 0 Å². The second-order valence-corrected chi connectivity index (χ2v) is 17.1. The van der Waals surface area contributed by atoms with Crippen LogP contribution in [0.25, 0.3) is 112 Å². The van der Waals surface area contributed by atoms with Gasteiger partial charge in [-0.3, -0.25) is 0 Å². The van der Waals surface area contributed by atoms with Gasteiger partial charge in [-0.2, -0.15) is 0 Å². The van der Waals surface area contributed by atoms with Crippen molar-refractivity contribution in [3.63, 3.8) is 0 Å². The maximum absolute atomic E-state index is 5.00. The highest BCUT2D eigenvalue weighted by Crippen LogP contribution is 2.41. The standard InChI is InChI=1S/C61H41N5/c1-3-15-42(16-4-1)59-62-60(43-17-5-2-6-18-43)64-61(63-59)44-28-34-48(35-29-44)66-55-24-11-9-21-51(55)53-36-30-46(39-58(53)66)45-31-37-57-54(38-45)52-22-10-12-25-56(52)65(57)47-32-26-41(27-33-47)50-23-13-19-40-14-7-8-20-49(40)50/h1-30,32-36,38-39H,31,37H2. The third kappa shape index (κ3) is 6.35.